The van der Waals surface area contributed by atoms with E-state index in [1.165, 1.54) is 6.42 Å². The van der Waals surface area contributed by atoms with E-state index < -0.39 is 10.1 Å². The third-order valence-electron chi connectivity index (χ3n) is 3.57. The molecule has 0 saturated carbocycles. The van der Waals surface area contributed by atoms with Crippen LogP contribution in [0.25, 0.3) is 0 Å². The summed E-state index contributed by atoms with van der Waals surface area (Å²) in [7, 11) is -4.02. The first-order valence-electron chi connectivity index (χ1n) is 8.07. The Morgan fingerprint density at radius 2 is 1.29 bits per heavy atom. The van der Waals surface area contributed by atoms with Crippen LogP contribution in [0.3, 0.4) is 0 Å². The van der Waals surface area contributed by atoms with Crippen molar-refractivity contribution < 1.29 is 47.6 Å². The Morgan fingerprint density at radius 3 is 1.76 bits per heavy atom. The van der Waals surface area contributed by atoms with Gasteiger partial charge in [0.2, 0.25) is 0 Å². The van der Waals surface area contributed by atoms with Gasteiger partial charge in [-0.25, -0.2) is 8.42 Å². The van der Waals surface area contributed by atoms with Gasteiger partial charge in [-0.05, 0) is 19.3 Å². The van der Waals surface area contributed by atoms with E-state index in [-0.39, 0.29) is 41.4 Å². The van der Waals surface area contributed by atoms with Crippen LogP contribution in [-0.2, 0) is 10.1 Å². The van der Waals surface area contributed by atoms with Crippen molar-refractivity contribution in [3.8, 4) is 0 Å². The van der Waals surface area contributed by atoms with E-state index in [9.17, 15) is 18.1 Å². The fourth-order valence-corrected chi connectivity index (χ4v) is 2.86. The standard InChI is InChI=1S/C15H32O4S.Na/c1-2-3-12-15(16)13-10-8-6-4-5-7-9-11-14-20(17,18)19;/h15-16H,2-14H2,1H3,(H,17,18,19);/q;+1/p-1. The molecular weight excluding hydrogens is 299 g/mol. The fourth-order valence-electron chi connectivity index (χ4n) is 2.30. The van der Waals surface area contributed by atoms with Gasteiger partial charge in [0.05, 0.1) is 16.2 Å². The molecule has 0 bridgehead atoms. The Bertz CT molecular complexity index is 307. The fraction of sp³-hybridized carbons (Fsp3) is 1.00. The summed E-state index contributed by atoms with van der Waals surface area (Å²) in [5.74, 6) is -0.220. The van der Waals surface area contributed by atoms with Gasteiger partial charge in [-0.15, -0.1) is 0 Å². The third kappa shape index (κ3) is 20.9. The monoisotopic (exact) mass is 330 g/mol. The molecule has 0 heterocycles. The summed E-state index contributed by atoms with van der Waals surface area (Å²) in [5.41, 5.74) is 0. The Morgan fingerprint density at radius 1 is 0.857 bits per heavy atom. The number of aliphatic hydroxyl groups excluding tert-OH is 1. The second kappa shape index (κ2) is 15.8. The minimum atomic E-state index is -4.02. The average Bonchev–Trinajstić information content (AvgIpc) is 2.37. The quantitative estimate of drug-likeness (QED) is 0.287. The molecule has 0 aromatic heterocycles. The Balaban J connectivity index is 0. The molecule has 0 radical (unpaired) electrons. The summed E-state index contributed by atoms with van der Waals surface area (Å²) in [4.78, 5) is 0. The van der Waals surface area contributed by atoms with Crippen molar-refractivity contribution in [1.29, 1.82) is 0 Å². The molecule has 4 nitrogen and oxygen atoms in total. The number of hydrogen-bond donors (Lipinski definition) is 1. The molecule has 0 aromatic carbocycles. The van der Waals surface area contributed by atoms with Gasteiger partial charge in [0, 0.05) is 5.75 Å². The molecule has 0 amide bonds. The van der Waals surface area contributed by atoms with E-state index in [0.717, 1.165) is 64.2 Å². The number of hydrogen-bond acceptors (Lipinski definition) is 4. The minimum Gasteiger partial charge on any atom is -0.748 e. The van der Waals surface area contributed by atoms with Crippen LogP contribution in [0.2, 0.25) is 0 Å². The van der Waals surface area contributed by atoms with Gasteiger partial charge < -0.3 is 9.66 Å². The van der Waals surface area contributed by atoms with E-state index in [2.05, 4.69) is 6.92 Å². The second-order valence-corrected chi connectivity index (χ2v) is 7.20. The molecule has 0 aromatic rings. The summed E-state index contributed by atoms with van der Waals surface area (Å²) >= 11 is 0. The molecule has 0 aliphatic heterocycles. The van der Waals surface area contributed by atoms with Crippen molar-refractivity contribution in [2.75, 3.05) is 5.75 Å². The minimum absolute atomic E-state index is 0. The van der Waals surface area contributed by atoms with E-state index in [4.69, 9.17) is 0 Å². The predicted octanol–water partition coefficient (Wildman–Crippen LogP) is 0.598. The van der Waals surface area contributed by atoms with Gasteiger partial charge in [-0.3, -0.25) is 0 Å². The van der Waals surface area contributed by atoms with E-state index >= 15 is 0 Å². The van der Waals surface area contributed by atoms with Crippen molar-refractivity contribution in [1.82, 2.24) is 0 Å². The zero-order valence-corrected chi connectivity index (χ0v) is 16.7. The molecule has 1 N–H and O–H groups in total. The Kier molecular flexibility index (Phi) is 18.1. The van der Waals surface area contributed by atoms with Gasteiger partial charge in [-0.1, -0.05) is 64.7 Å². The summed E-state index contributed by atoms with van der Waals surface area (Å²) in [6.07, 6.45) is 12.0. The van der Waals surface area contributed by atoms with Crippen molar-refractivity contribution in [2.24, 2.45) is 0 Å². The molecule has 0 aliphatic rings. The smallest absolute Gasteiger partial charge is 0.748 e. The van der Waals surface area contributed by atoms with Gasteiger partial charge in [0.15, 0.2) is 0 Å². The van der Waals surface area contributed by atoms with Gasteiger partial charge in [0.25, 0.3) is 0 Å². The van der Waals surface area contributed by atoms with Gasteiger partial charge in [-0.2, -0.15) is 0 Å². The first kappa shape index (κ1) is 24.1. The topological polar surface area (TPSA) is 77.4 Å². The first-order chi connectivity index (χ1) is 9.45. The second-order valence-electron chi connectivity index (χ2n) is 5.67. The zero-order chi connectivity index (χ0) is 15.3. The summed E-state index contributed by atoms with van der Waals surface area (Å²) in [6, 6.07) is 0. The molecular formula is C15H31NaO4S. The normalized spacial score (nSPS) is 12.9. The average molecular weight is 330 g/mol. The van der Waals surface area contributed by atoms with Crippen molar-refractivity contribution in [3.63, 3.8) is 0 Å². The van der Waals surface area contributed by atoms with Crippen LogP contribution in [-0.4, -0.2) is 29.9 Å². The molecule has 0 fully saturated rings. The molecule has 0 saturated heterocycles. The van der Waals surface area contributed by atoms with Crippen LogP contribution in [0.15, 0.2) is 0 Å². The van der Waals surface area contributed by atoms with Crippen LogP contribution < -0.4 is 29.6 Å². The molecule has 1 atom stereocenters. The predicted molar refractivity (Wildman–Crippen MR) is 81.6 cm³/mol. The molecule has 122 valence electrons. The summed E-state index contributed by atoms with van der Waals surface area (Å²) < 4.78 is 31.1. The summed E-state index contributed by atoms with van der Waals surface area (Å²) in [5, 5.41) is 9.67. The van der Waals surface area contributed by atoms with E-state index in [1.807, 2.05) is 0 Å². The molecule has 1 unspecified atom stereocenters. The van der Waals surface area contributed by atoms with Crippen LogP contribution in [0.5, 0.6) is 0 Å². The molecule has 0 rings (SSSR count). The number of unbranched alkanes of at least 4 members (excludes halogenated alkanes) is 8. The van der Waals surface area contributed by atoms with E-state index in [1.54, 1.807) is 0 Å². The maximum absolute atomic E-state index is 10.4. The number of aliphatic hydroxyl groups is 1. The summed E-state index contributed by atoms with van der Waals surface area (Å²) in [6.45, 7) is 2.14. The van der Waals surface area contributed by atoms with Crippen LogP contribution in [0.4, 0.5) is 0 Å². The maximum Gasteiger partial charge on any atom is 1.00 e. The van der Waals surface area contributed by atoms with Crippen molar-refractivity contribution in [2.45, 2.75) is 90.1 Å². The molecule has 0 spiro atoms. The van der Waals surface area contributed by atoms with Crippen molar-refractivity contribution >= 4 is 10.1 Å². The maximum atomic E-state index is 10.4. The number of rotatable bonds is 14. The van der Waals surface area contributed by atoms with Crippen molar-refractivity contribution in [3.05, 3.63) is 0 Å². The third-order valence-corrected chi connectivity index (χ3v) is 4.36. The van der Waals surface area contributed by atoms with Gasteiger partial charge >= 0.3 is 29.6 Å². The SMILES string of the molecule is CCCCC(O)CCCCCCCCCCS(=O)(=O)[O-].[Na+]. The first-order valence-corrected chi connectivity index (χ1v) is 9.65. The van der Waals surface area contributed by atoms with Gasteiger partial charge in [0.1, 0.15) is 0 Å². The molecule has 0 aliphatic carbocycles. The largest absolute Gasteiger partial charge is 1.00 e. The van der Waals surface area contributed by atoms with Crippen LogP contribution in [0.1, 0.15) is 84.0 Å². The Hall–Kier alpha value is 0.870. The molecule has 6 heteroatoms. The molecule has 21 heavy (non-hydrogen) atoms. The Labute approximate surface area is 153 Å². The van der Waals surface area contributed by atoms with E-state index in [0.29, 0.717) is 6.42 Å². The zero-order valence-electron chi connectivity index (χ0n) is 13.8. The van der Waals surface area contributed by atoms with Crippen LogP contribution >= 0.6 is 0 Å². The van der Waals surface area contributed by atoms with Crippen LogP contribution in [0, 0.1) is 0 Å².